The molecule has 0 fully saturated rings. The number of nitrogen functional groups attached to an aromatic ring is 1. The van der Waals surface area contributed by atoms with Crippen LogP contribution in [0.4, 0.5) is 15.9 Å². The van der Waals surface area contributed by atoms with E-state index in [1.165, 1.54) is 16.8 Å². The van der Waals surface area contributed by atoms with Crippen molar-refractivity contribution in [2.75, 3.05) is 17.6 Å². The number of nitrogens with two attached hydrogens (primary N) is 2. The molecule has 2 amide bonds. The first-order valence-corrected chi connectivity index (χ1v) is 14.6. The van der Waals surface area contributed by atoms with Gasteiger partial charge in [0.05, 0.1) is 17.4 Å². The van der Waals surface area contributed by atoms with Crippen molar-refractivity contribution in [3.8, 4) is 11.1 Å². The molecule has 0 aliphatic carbocycles. The highest BCUT2D eigenvalue weighted by atomic mass is 19.1. The van der Waals surface area contributed by atoms with Crippen molar-refractivity contribution >= 4 is 50.9 Å². The van der Waals surface area contributed by atoms with Gasteiger partial charge in [-0.05, 0) is 76.3 Å². The average Bonchev–Trinajstić information content (AvgIpc) is 3.42. The van der Waals surface area contributed by atoms with E-state index >= 15 is 0 Å². The van der Waals surface area contributed by atoms with Crippen molar-refractivity contribution in [2.24, 2.45) is 5.73 Å². The van der Waals surface area contributed by atoms with E-state index in [-0.39, 0.29) is 30.5 Å². The minimum absolute atomic E-state index is 0.143. The third-order valence-electron chi connectivity index (χ3n) is 7.87. The molecule has 6 aromatic rings. The quantitative estimate of drug-likeness (QED) is 0.170. The topological polar surface area (TPSA) is 145 Å². The van der Waals surface area contributed by atoms with Gasteiger partial charge in [-0.15, -0.1) is 5.10 Å². The molecule has 1 atom stereocenters. The summed E-state index contributed by atoms with van der Waals surface area (Å²) in [4.78, 5) is 39.6. The first-order valence-electron chi connectivity index (χ1n) is 15.1. The van der Waals surface area contributed by atoms with Crippen molar-refractivity contribution < 1.29 is 20.2 Å². The highest BCUT2D eigenvalue weighted by Crippen LogP contribution is 2.35. The van der Waals surface area contributed by atoms with Gasteiger partial charge in [-0.1, -0.05) is 66.7 Å². The van der Waals surface area contributed by atoms with Crippen LogP contribution in [-0.2, 0) is 11.2 Å². The summed E-state index contributed by atoms with van der Waals surface area (Å²) in [5.41, 5.74) is 12.7. The standard InChI is InChI=1S/C36H31FN6O3/c1-21-17-25(14-16-29(21)37)40-35(45)28-11-5-9-23-19-24(13-15-26(23)28)27-10-6-12-31-33(27)34(39)42-43(31)36(46)30(41-32(44)20-38)18-22-7-3-2-4-8-22/h2-17,19,30H,18,20,38H2,1H3,(H2,39,42)(H,40,45)(H,41,44)/t30-/m0/s1/i/hD. The summed E-state index contributed by atoms with van der Waals surface area (Å²) in [6.07, 6.45) is 0.214. The maximum absolute atomic E-state index is 13.9. The molecule has 6 N–H and O–H groups in total. The number of nitrogens with zero attached hydrogens (tertiary/aromatic N) is 2. The Morgan fingerprint density at radius 3 is 2.54 bits per heavy atom. The monoisotopic (exact) mass is 615 g/mol. The molecule has 230 valence electrons. The van der Waals surface area contributed by atoms with Crippen molar-refractivity contribution in [2.45, 2.75) is 19.4 Å². The molecule has 0 aliphatic rings. The Labute approximate surface area is 265 Å². The lowest BCUT2D eigenvalue weighted by atomic mass is 9.96. The van der Waals surface area contributed by atoms with Gasteiger partial charge in [0.25, 0.3) is 11.8 Å². The molecule has 1 aromatic heterocycles. The minimum atomic E-state index is -0.964. The Morgan fingerprint density at radius 1 is 0.957 bits per heavy atom. The van der Waals surface area contributed by atoms with Crippen molar-refractivity contribution in [3.05, 3.63) is 126 Å². The SMILES string of the molecule is [2H]NCC(=O)N[C@@H](Cc1ccccc1)C(=O)n1nc(N)c2c(-c3ccc4c(C(=O)Nc5ccc(F)c(C)c5)cccc4c3)cccc21. The van der Waals surface area contributed by atoms with Crippen LogP contribution >= 0.6 is 0 Å². The molecule has 0 unspecified atom stereocenters. The van der Waals surface area contributed by atoms with Gasteiger partial charge in [0.2, 0.25) is 5.91 Å². The number of carbonyl (C=O) groups is 3. The third kappa shape index (κ3) is 5.93. The summed E-state index contributed by atoms with van der Waals surface area (Å²) in [6.45, 7) is 1.36. The smallest absolute Gasteiger partial charge is 0.270 e. The van der Waals surface area contributed by atoms with Crippen LogP contribution < -0.4 is 22.1 Å². The summed E-state index contributed by atoms with van der Waals surface area (Å²) >= 11 is 0. The maximum atomic E-state index is 13.9. The van der Waals surface area contributed by atoms with Gasteiger partial charge in [-0.3, -0.25) is 14.4 Å². The zero-order chi connectivity index (χ0) is 33.1. The largest absolute Gasteiger partial charge is 0.382 e. The van der Waals surface area contributed by atoms with E-state index in [0.29, 0.717) is 27.7 Å². The van der Waals surface area contributed by atoms with Crippen LogP contribution in [0, 0.1) is 12.7 Å². The Bertz CT molecular complexity index is 2150. The van der Waals surface area contributed by atoms with Crippen LogP contribution in [-0.4, -0.2) is 40.1 Å². The molecular weight excluding hydrogens is 583 g/mol. The van der Waals surface area contributed by atoms with Crippen LogP contribution in [0.3, 0.4) is 0 Å². The molecule has 0 saturated carbocycles. The van der Waals surface area contributed by atoms with Crippen molar-refractivity contribution in [1.82, 2.24) is 15.1 Å². The maximum Gasteiger partial charge on any atom is 0.270 e. The lowest BCUT2D eigenvalue weighted by molar-refractivity contribution is -0.120. The Kier molecular flexibility index (Phi) is 7.92. The van der Waals surface area contributed by atoms with Crippen LogP contribution in [0.5, 0.6) is 0 Å². The summed E-state index contributed by atoms with van der Waals surface area (Å²) < 4.78 is 22.1. The second kappa shape index (κ2) is 12.6. The molecule has 0 bridgehead atoms. The molecule has 0 aliphatic heterocycles. The molecule has 6 rings (SSSR count). The van der Waals surface area contributed by atoms with Gasteiger partial charge in [0.1, 0.15) is 13.3 Å². The predicted molar refractivity (Wildman–Crippen MR) is 178 cm³/mol. The molecule has 9 nitrogen and oxygen atoms in total. The first-order chi connectivity index (χ1) is 22.7. The normalized spacial score (nSPS) is 12.1. The number of nitrogens with one attached hydrogen (secondary N) is 2. The van der Waals surface area contributed by atoms with Crippen LogP contribution in [0.25, 0.3) is 32.8 Å². The second-order valence-corrected chi connectivity index (χ2v) is 11.0. The third-order valence-corrected chi connectivity index (χ3v) is 7.87. The van der Waals surface area contributed by atoms with E-state index in [9.17, 15) is 18.8 Å². The number of amides is 2. The van der Waals surface area contributed by atoms with Gasteiger partial charge in [-0.25, -0.2) is 4.39 Å². The highest BCUT2D eigenvalue weighted by Gasteiger charge is 2.26. The zero-order valence-corrected chi connectivity index (χ0v) is 24.9. The Hall–Kier alpha value is -5.87. The lowest BCUT2D eigenvalue weighted by Crippen LogP contribution is -2.47. The van der Waals surface area contributed by atoms with Crippen molar-refractivity contribution in [3.63, 3.8) is 0 Å². The summed E-state index contributed by atoms with van der Waals surface area (Å²) in [7, 11) is 0. The average molecular weight is 616 g/mol. The number of halogens is 1. The number of hydrogen-bond donors (Lipinski definition) is 4. The van der Waals surface area contributed by atoms with Crippen molar-refractivity contribution in [1.29, 1.82) is 0 Å². The number of rotatable bonds is 9. The van der Waals surface area contributed by atoms with E-state index in [1.807, 2.05) is 60.7 Å². The van der Waals surface area contributed by atoms with E-state index < -0.39 is 17.9 Å². The van der Waals surface area contributed by atoms with E-state index in [4.69, 9.17) is 7.15 Å². The van der Waals surface area contributed by atoms with E-state index in [2.05, 4.69) is 21.5 Å². The molecular formula is C36H31FN6O3. The number of aryl methyl sites for hydroxylation is 1. The molecule has 0 radical (unpaired) electrons. The predicted octanol–water partition coefficient (Wildman–Crippen LogP) is 5.46. The summed E-state index contributed by atoms with van der Waals surface area (Å²) in [6, 6.07) is 29.3. The van der Waals surface area contributed by atoms with E-state index in [1.54, 1.807) is 37.3 Å². The zero-order valence-electron chi connectivity index (χ0n) is 25.9. The molecule has 10 heteroatoms. The fourth-order valence-electron chi connectivity index (χ4n) is 5.62. The number of benzene rings is 5. The summed E-state index contributed by atoms with van der Waals surface area (Å²) in [5.74, 6) is -1.50. The molecule has 1 heterocycles. The fourth-order valence-corrected chi connectivity index (χ4v) is 5.62. The van der Waals surface area contributed by atoms with Crippen LogP contribution in [0.2, 0.25) is 1.41 Å². The van der Waals surface area contributed by atoms with E-state index in [0.717, 1.165) is 27.5 Å². The summed E-state index contributed by atoms with van der Waals surface area (Å²) in [5, 5.41) is 12.1. The number of fused-ring (bicyclic) bond motifs is 2. The molecule has 0 saturated heterocycles. The molecule has 46 heavy (non-hydrogen) atoms. The second-order valence-electron chi connectivity index (χ2n) is 11.0. The van der Waals surface area contributed by atoms with Gasteiger partial charge >= 0.3 is 0 Å². The fraction of sp³-hybridized carbons (Fsp3) is 0.111. The van der Waals surface area contributed by atoms with Gasteiger partial charge in [-0.2, -0.15) is 4.68 Å². The highest BCUT2D eigenvalue weighted by molar-refractivity contribution is 6.14. The number of hydrogen-bond acceptors (Lipinski definition) is 6. The Morgan fingerprint density at radius 2 is 1.76 bits per heavy atom. The number of anilines is 2. The van der Waals surface area contributed by atoms with Crippen LogP contribution in [0.15, 0.2) is 103 Å². The van der Waals surface area contributed by atoms with Gasteiger partial charge in [0.15, 0.2) is 5.82 Å². The minimum Gasteiger partial charge on any atom is -0.382 e. The lowest BCUT2D eigenvalue weighted by Gasteiger charge is -2.18. The van der Waals surface area contributed by atoms with Gasteiger partial charge in [0, 0.05) is 17.7 Å². The molecule has 0 spiro atoms. The van der Waals surface area contributed by atoms with Crippen LogP contribution in [0.1, 0.15) is 26.3 Å². The molecule has 5 aromatic carbocycles. The first kappa shape index (κ1) is 28.9. The Balaban J connectivity index is 1.34. The number of aromatic nitrogens is 2. The van der Waals surface area contributed by atoms with Gasteiger partial charge < -0.3 is 22.1 Å². The number of carbonyl (C=O) groups excluding carboxylic acids is 3.